The number of rotatable bonds is 6. The third-order valence-corrected chi connectivity index (χ3v) is 9.08. The van der Waals surface area contributed by atoms with Gasteiger partial charge in [-0.1, -0.05) is 17.7 Å². The molecule has 3 aromatic rings. The predicted molar refractivity (Wildman–Crippen MR) is 151 cm³/mol. The molecule has 0 radical (unpaired) electrons. The monoisotopic (exact) mass is 580 g/mol. The van der Waals surface area contributed by atoms with Gasteiger partial charge in [-0.15, -0.1) is 0 Å². The Hall–Kier alpha value is -3.89. The van der Waals surface area contributed by atoms with E-state index in [1.165, 1.54) is 0 Å². The predicted octanol–water partition coefficient (Wildman–Crippen LogP) is 5.17. The van der Waals surface area contributed by atoms with Crippen LogP contribution in [0.25, 0.3) is 11.3 Å². The van der Waals surface area contributed by atoms with E-state index in [1.54, 1.807) is 51.7 Å². The van der Waals surface area contributed by atoms with Crippen LogP contribution in [0.5, 0.6) is 28.7 Å². The van der Waals surface area contributed by atoms with Crippen molar-refractivity contribution in [2.45, 2.75) is 49.9 Å². The zero-order chi connectivity index (χ0) is 29.1. The van der Waals surface area contributed by atoms with Crippen molar-refractivity contribution in [3.63, 3.8) is 0 Å². The van der Waals surface area contributed by atoms with Gasteiger partial charge >= 0.3 is 0 Å². The number of hydrogen-bond donors (Lipinski definition) is 0. The van der Waals surface area contributed by atoms with Crippen molar-refractivity contribution in [3.8, 4) is 28.7 Å². The minimum absolute atomic E-state index is 0.0929. The fraction of sp³-hybridized carbons (Fsp3) is 0.355. The first-order valence-corrected chi connectivity index (χ1v) is 14.7. The second-order valence-corrected chi connectivity index (χ2v) is 12.3. The van der Waals surface area contributed by atoms with Gasteiger partial charge < -0.3 is 28.4 Å². The van der Waals surface area contributed by atoms with E-state index in [-0.39, 0.29) is 17.9 Å². The molecule has 41 heavy (non-hydrogen) atoms. The Kier molecular flexibility index (Phi) is 6.58. The molecule has 3 aliphatic heterocycles. The zero-order valence-electron chi connectivity index (χ0n) is 23.8. The third kappa shape index (κ3) is 4.55. The van der Waals surface area contributed by atoms with E-state index < -0.39 is 27.9 Å². The Bertz CT molecular complexity index is 1660. The summed E-state index contributed by atoms with van der Waals surface area (Å²) in [6.07, 6.45) is -1.05. The molecule has 10 heteroatoms. The maximum atomic E-state index is 13.2. The van der Waals surface area contributed by atoms with Crippen molar-refractivity contribution >= 4 is 21.5 Å². The van der Waals surface area contributed by atoms with Crippen molar-refractivity contribution in [2.75, 3.05) is 27.9 Å². The van der Waals surface area contributed by atoms with Crippen LogP contribution in [-0.4, -0.2) is 54.2 Å². The molecule has 216 valence electrons. The Balaban J connectivity index is 1.42. The van der Waals surface area contributed by atoms with Gasteiger partial charge in [0, 0.05) is 29.2 Å². The lowest BCUT2D eigenvalue weighted by Crippen LogP contribution is -2.49. The van der Waals surface area contributed by atoms with Crippen LogP contribution in [0.2, 0.25) is 0 Å². The van der Waals surface area contributed by atoms with Gasteiger partial charge in [-0.25, -0.2) is 0 Å². The molecule has 0 fully saturated rings. The Morgan fingerprint density at radius 3 is 2.27 bits per heavy atom. The van der Waals surface area contributed by atoms with Crippen LogP contribution in [0.4, 0.5) is 0 Å². The van der Waals surface area contributed by atoms with E-state index in [4.69, 9.17) is 32.6 Å². The Labute approximate surface area is 239 Å². The summed E-state index contributed by atoms with van der Waals surface area (Å²) < 4.78 is 68.2. The van der Waals surface area contributed by atoms with E-state index >= 15 is 0 Å². The average Bonchev–Trinajstić information content (AvgIpc) is 2.95. The molecule has 0 N–H and O–H groups in total. The smallest absolute Gasteiger partial charge is 0.297 e. The Morgan fingerprint density at radius 1 is 0.878 bits per heavy atom. The zero-order valence-corrected chi connectivity index (χ0v) is 24.6. The lowest BCUT2D eigenvalue weighted by atomic mass is 9.86. The number of ether oxygens (including phenoxy) is 6. The second kappa shape index (κ2) is 9.88. The average molecular weight is 581 g/mol. The second-order valence-electron chi connectivity index (χ2n) is 10.7. The first kappa shape index (κ1) is 27.3. The highest BCUT2D eigenvalue weighted by Gasteiger charge is 2.45. The van der Waals surface area contributed by atoms with E-state index in [1.807, 2.05) is 39.0 Å². The van der Waals surface area contributed by atoms with Crippen molar-refractivity contribution < 1.29 is 41.0 Å². The molecule has 0 saturated carbocycles. The van der Waals surface area contributed by atoms with Crippen LogP contribution in [0.15, 0.2) is 53.4 Å². The van der Waals surface area contributed by atoms with Crippen LogP contribution in [0.1, 0.15) is 36.1 Å². The number of hydrogen-bond acceptors (Lipinski definition) is 9. The molecule has 3 heterocycles. The summed E-state index contributed by atoms with van der Waals surface area (Å²) in [6, 6.07) is 14.0. The van der Waals surface area contributed by atoms with Crippen molar-refractivity contribution in [1.82, 2.24) is 0 Å². The van der Waals surface area contributed by atoms with Crippen LogP contribution < -0.4 is 23.7 Å². The summed E-state index contributed by atoms with van der Waals surface area (Å²) in [5, 5.41) is 0. The summed E-state index contributed by atoms with van der Waals surface area (Å²) in [5.41, 5.74) is 3.06. The van der Waals surface area contributed by atoms with E-state index in [0.717, 1.165) is 22.3 Å². The van der Waals surface area contributed by atoms with E-state index in [0.29, 0.717) is 40.1 Å². The summed E-state index contributed by atoms with van der Waals surface area (Å²) >= 11 is 0. The van der Waals surface area contributed by atoms with E-state index in [9.17, 15) is 8.42 Å². The highest BCUT2D eigenvalue weighted by molar-refractivity contribution is 7.86. The molecule has 3 aliphatic rings. The van der Waals surface area contributed by atoms with Crippen LogP contribution in [0.3, 0.4) is 0 Å². The van der Waals surface area contributed by atoms with Gasteiger partial charge in [-0.2, -0.15) is 8.42 Å². The normalized spacial score (nSPS) is 20.2. The number of fused-ring (bicyclic) bond motifs is 6. The molecule has 1 unspecified atom stereocenters. The summed E-state index contributed by atoms with van der Waals surface area (Å²) in [5.74, 6) is 3.53. The molecule has 0 aliphatic carbocycles. The van der Waals surface area contributed by atoms with Gasteiger partial charge in [0.05, 0.1) is 31.8 Å². The molecular formula is C31H32O9S. The molecule has 3 aromatic carbocycles. The summed E-state index contributed by atoms with van der Waals surface area (Å²) in [4.78, 5) is 0.0929. The minimum atomic E-state index is -4.05. The maximum absolute atomic E-state index is 13.2. The summed E-state index contributed by atoms with van der Waals surface area (Å²) in [7, 11) is 0.719. The number of benzene rings is 3. The lowest BCUT2D eigenvalue weighted by molar-refractivity contribution is -0.0248. The molecule has 6 rings (SSSR count). The standard InChI is InChI=1S/C31H32O9S/c1-17-7-9-18(10-8-17)41(32,33)40-27-14-21-22(39-31(27,2)3)12-11-19-29(21)38-26-16-37-23-15-25(35-5)24(34-4)13-20(23)28(26)30(19)36-6/h7-13,15,26-27H,14,16H2,1-6H3/t26-,27?/m1/s1. The third-order valence-electron chi connectivity index (χ3n) is 7.75. The van der Waals surface area contributed by atoms with Gasteiger partial charge in [0.25, 0.3) is 10.1 Å². The fourth-order valence-corrected chi connectivity index (χ4v) is 6.72. The van der Waals surface area contributed by atoms with Crippen molar-refractivity contribution in [3.05, 3.63) is 70.8 Å². The number of methoxy groups -OCH3 is 3. The van der Waals surface area contributed by atoms with E-state index in [2.05, 4.69) is 0 Å². The van der Waals surface area contributed by atoms with Gasteiger partial charge in [0.1, 0.15) is 41.3 Å². The topological polar surface area (TPSA) is 98.8 Å². The van der Waals surface area contributed by atoms with Crippen LogP contribution in [0, 0.1) is 6.92 Å². The molecule has 0 spiro atoms. The van der Waals surface area contributed by atoms with Gasteiger partial charge in [-0.05, 0) is 51.1 Å². The molecule has 0 amide bonds. The number of aryl methyl sites for hydroxylation is 1. The maximum Gasteiger partial charge on any atom is 0.297 e. The molecule has 9 nitrogen and oxygen atoms in total. The van der Waals surface area contributed by atoms with Crippen molar-refractivity contribution in [1.29, 1.82) is 0 Å². The SMILES string of the molecule is COC1=C2c3cc(OC)c(OC)cc3OC[C@H]2Oc2c1ccc1c2CC(OS(=O)(=O)c2ccc(C)cc2)C(C)(C)O1. The molecular weight excluding hydrogens is 548 g/mol. The van der Waals surface area contributed by atoms with Gasteiger partial charge in [0.15, 0.2) is 17.6 Å². The highest BCUT2D eigenvalue weighted by Crippen LogP contribution is 2.52. The van der Waals surface area contributed by atoms with Gasteiger partial charge in [-0.3, -0.25) is 4.18 Å². The first-order valence-electron chi connectivity index (χ1n) is 13.3. The largest absolute Gasteiger partial charge is 0.496 e. The molecule has 0 aromatic heterocycles. The quantitative estimate of drug-likeness (QED) is 0.366. The molecule has 0 bridgehead atoms. The lowest BCUT2D eigenvalue weighted by Gasteiger charge is -2.41. The Morgan fingerprint density at radius 2 is 1.59 bits per heavy atom. The summed E-state index contributed by atoms with van der Waals surface area (Å²) in [6.45, 7) is 5.77. The highest BCUT2D eigenvalue weighted by atomic mass is 32.2. The first-order chi connectivity index (χ1) is 19.6. The van der Waals surface area contributed by atoms with Crippen LogP contribution in [-0.2, 0) is 25.5 Å². The van der Waals surface area contributed by atoms with Crippen LogP contribution >= 0.6 is 0 Å². The molecule has 2 atom stereocenters. The van der Waals surface area contributed by atoms with Gasteiger partial charge in [0.2, 0.25) is 0 Å². The molecule has 0 saturated heterocycles. The van der Waals surface area contributed by atoms with Crippen molar-refractivity contribution in [2.24, 2.45) is 0 Å². The fourth-order valence-electron chi connectivity index (χ4n) is 5.54. The minimum Gasteiger partial charge on any atom is -0.496 e.